The normalized spacial score (nSPS) is 16.5. The van der Waals surface area contributed by atoms with Crippen LogP contribution in [0.2, 0.25) is 0 Å². The average molecular weight is 392 g/mol. The van der Waals surface area contributed by atoms with Crippen LogP contribution < -0.4 is 9.47 Å². The van der Waals surface area contributed by atoms with Crippen molar-refractivity contribution in [2.45, 2.75) is 19.9 Å². The van der Waals surface area contributed by atoms with E-state index in [1.54, 1.807) is 6.26 Å². The van der Waals surface area contributed by atoms with Gasteiger partial charge in [0, 0.05) is 43.7 Å². The molecule has 0 spiro atoms. The molecule has 0 unspecified atom stereocenters. The van der Waals surface area contributed by atoms with E-state index in [0.29, 0.717) is 13.2 Å². The third-order valence-corrected chi connectivity index (χ3v) is 5.72. The fourth-order valence-electron chi connectivity index (χ4n) is 4.05. The van der Waals surface area contributed by atoms with Crippen LogP contribution >= 0.6 is 0 Å². The smallest absolute Gasteiger partial charge is 0.231 e. The molecular formula is C23H24N2O4. The van der Waals surface area contributed by atoms with Gasteiger partial charge in [-0.2, -0.15) is 0 Å². The van der Waals surface area contributed by atoms with Crippen LogP contribution in [-0.2, 0) is 17.8 Å². The Hall–Kier alpha value is -2.99. The van der Waals surface area contributed by atoms with Gasteiger partial charge in [0.2, 0.25) is 12.7 Å². The highest BCUT2D eigenvalue weighted by atomic mass is 16.7. The Bertz CT molecular complexity index is 1050. The summed E-state index contributed by atoms with van der Waals surface area (Å²) >= 11 is 0. The number of nitrogens with zero attached hydrogens (tertiary/aromatic N) is 2. The second kappa shape index (κ2) is 7.44. The van der Waals surface area contributed by atoms with E-state index in [0.717, 1.165) is 66.3 Å². The van der Waals surface area contributed by atoms with Gasteiger partial charge in [-0.15, -0.1) is 0 Å². The molecular weight excluding hydrogens is 368 g/mol. The minimum atomic E-state index is 0.163. The molecule has 0 saturated carbocycles. The SMILES string of the molecule is Cc1ccc2c(CC(=O)N3CCN(Cc4ccc5c(c4)OCO5)CC3)coc2c1. The molecule has 0 aliphatic carbocycles. The number of ether oxygens (including phenoxy) is 2. The fourth-order valence-corrected chi connectivity index (χ4v) is 4.05. The van der Waals surface area contributed by atoms with E-state index in [4.69, 9.17) is 13.9 Å². The molecule has 2 aliphatic heterocycles. The summed E-state index contributed by atoms with van der Waals surface area (Å²) in [6.45, 7) is 6.42. The van der Waals surface area contributed by atoms with E-state index in [1.807, 2.05) is 36.1 Å². The zero-order valence-corrected chi connectivity index (χ0v) is 16.5. The Labute approximate surface area is 169 Å². The van der Waals surface area contributed by atoms with Gasteiger partial charge in [0.25, 0.3) is 0 Å². The van der Waals surface area contributed by atoms with E-state index in [2.05, 4.69) is 17.0 Å². The average Bonchev–Trinajstić information content (AvgIpc) is 3.35. The number of hydrogen-bond acceptors (Lipinski definition) is 5. The maximum Gasteiger partial charge on any atom is 0.231 e. The van der Waals surface area contributed by atoms with Gasteiger partial charge in [-0.05, 0) is 36.2 Å². The van der Waals surface area contributed by atoms with Crippen molar-refractivity contribution in [2.24, 2.45) is 0 Å². The Morgan fingerprint density at radius 3 is 2.69 bits per heavy atom. The summed E-state index contributed by atoms with van der Waals surface area (Å²) < 4.78 is 16.5. The standard InChI is InChI=1S/C23H24N2O4/c1-16-2-4-19-18(14-27-21(19)10-16)12-23(26)25-8-6-24(7-9-25)13-17-3-5-20-22(11-17)29-15-28-20/h2-5,10-11,14H,6-9,12-13,15H2,1H3. The summed E-state index contributed by atoms with van der Waals surface area (Å²) in [6.07, 6.45) is 2.11. The highest BCUT2D eigenvalue weighted by Crippen LogP contribution is 2.33. The molecule has 1 fully saturated rings. The van der Waals surface area contributed by atoms with Crippen LogP contribution in [0.4, 0.5) is 0 Å². The predicted molar refractivity (Wildman–Crippen MR) is 109 cm³/mol. The number of rotatable bonds is 4. The van der Waals surface area contributed by atoms with E-state index in [-0.39, 0.29) is 5.91 Å². The molecule has 150 valence electrons. The molecule has 29 heavy (non-hydrogen) atoms. The molecule has 6 heteroatoms. The van der Waals surface area contributed by atoms with Crippen molar-refractivity contribution in [1.29, 1.82) is 0 Å². The Kier molecular flexibility index (Phi) is 4.64. The van der Waals surface area contributed by atoms with Crippen molar-refractivity contribution in [3.05, 3.63) is 59.4 Å². The first kappa shape index (κ1) is 18.1. The molecule has 1 amide bonds. The number of aryl methyl sites for hydroxylation is 1. The molecule has 3 aromatic rings. The van der Waals surface area contributed by atoms with Gasteiger partial charge in [0.05, 0.1) is 12.7 Å². The molecule has 2 aromatic carbocycles. The molecule has 5 rings (SSSR count). The van der Waals surface area contributed by atoms with Gasteiger partial charge in [-0.3, -0.25) is 9.69 Å². The van der Waals surface area contributed by atoms with Crippen molar-refractivity contribution in [2.75, 3.05) is 33.0 Å². The number of benzene rings is 2. The minimum Gasteiger partial charge on any atom is -0.464 e. The van der Waals surface area contributed by atoms with Gasteiger partial charge >= 0.3 is 0 Å². The van der Waals surface area contributed by atoms with Gasteiger partial charge in [-0.1, -0.05) is 18.2 Å². The van der Waals surface area contributed by atoms with Gasteiger partial charge in [0.1, 0.15) is 5.58 Å². The fraction of sp³-hybridized carbons (Fsp3) is 0.348. The molecule has 1 aromatic heterocycles. The summed E-state index contributed by atoms with van der Waals surface area (Å²) in [4.78, 5) is 17.1. The highest BCUT2D eigenvalue weighted by Gasteiger charge is 2.23. The third kappa shape index (κ3) is 3.68. The number of carbonyl (C=O) groups excluding carboxylic acids is 1. The van der Waals surface area contributed by atoms with Crippen molar-refractivity contribution >= 4 is 16.9 Å². The summed E-state index contributed by atoms with van der Waals surface area (Å²) in [5.74, 6) is 1.79. The zero-order valence-electron chi connectivity index (χ0n) is 16.5. The summed E-state index contributed by atoms with van der Waals surface area (Å²) in [5.41, 5.74) is 4.17. The van der Waals surface area contributed by atoms with Gasteiger partial charge in [0.15, 0.2) is 11.5 Å². The molecule has 2 aliphatic rings. The zero-order chi connectivity index (χ0) is 19.8. The predicted octanol–water partition coefficient (Wildman–Crippen LogP) is 3.36. The Morgan fingerprint density at radius 2 is 1.83 bits per heavy atom. The number of fused-ring (bicyclic) bond motifs is 2. The van der Waals surface area contributed by atoms with Crippen molar-refractivity contribution in [3.8, 4) is 11.5 Å². The molecule has 0 bridgehead atoms. The van der Waals surface area contributed by atoms with Crippen molar-refractivity contribution in [1.82, 2.24) is 9.80 Å². The lowest BCUT2D eigenvalue weighted by atomic mass is 10.1. The van der Waals surface area contributed by atoms with Crippen LogP contribution in [0.5, 0.6) is 11.5 Å². The Balaban J connectivity index is 1.17. The van der Waals surface area contributed by atoms with Crippen LogP contribution in [0, 0.1) is 6.92 Å². The Morgan fingerprint density at radius 1 is 1.00 bits per heavy atom. The van der Waals surface area contributed by atoms with Crippen molar-refractivity contribution in [3.63, 3.8) is 0 Å². The lowest BCUT2D eigenvalue weighted by Gasteiger charge is -2.34. The van der Waals surface area contributed by atoms with Crippen LogP contribution in [0.1, 0.15) is 16.7 Å². The summed E-state index contributed by atoms with van der Waals surface area (Å²) in [5, 5.41) is 1.03. The quantitative estimate of drug-likeness (QED) is 0.682. The van der Waals surface area contributed by atoms with Crippen LogP contribution in [0.15, 0.2) is 47.1 Å². The minimum absolute atomic E-state index is 0.163. The summed E-state index contributed by atoms with van der Waals surface area (Å²) in [6, 6.07) is 12.2. The second-order valence-electron chi connectivity index (χ2n) is 7.78. The first-order valence-corrected chi connectivity index (χ1v) is 10.0. The van der Waals surface area contributed by atoms with E-state index >= 15 is 0 Å². The van der Waals surface area contributed by atoms with Gasteiger partial charge in [-0.25, -0.2) is 0 Å². The highest BCUT2D eigenvalue weighted by molar-refractivity contribution is 5.88. The van der Waals surface area contributed by atoms with Crippen LogP contribution in [0.25, 0.3) is 11.0 Å². The lowest BCUT2D eigenvalue weighted by Crippen LogP contribution is -2.48. The van der Waals surface area contributed by atoms with Crippen molar-refractivity contribution < 1.29 is 18.7 Å². The number of carbonyl (C=O) groups is 1. The largest absolute Gasteiger partial charge is 0.464 e. The van der Waals surface area contributed by atoms with E-state index < -0.39 is 0 Å². The molecule has 1 saturated heterocycles. The monoisotopic (exact) mass is 392 g/mol. The van der Waals surface area contributed by atoms with Crippen LogP contribution in [0.3, 0.4) is 0 Å². The first-order valence-electron chi connectivity index (χ1n) is 10.0. The molecule has 3 heterocycles. The number of hydrogen-bond donors (Lipinski definition) is 0. The number of furan rings is 1. The molecule has 6 nitrogen and oxygen atoms in total. The lowest BCUT2D eigenvalue weighted by molar-refractivity contribution is -0.132. The van der Waals surface area contributed by atoms with Gasteiger partial charge < -0.3 is 18.8 Å². The number of piperazine rings is 1. The van der Waals surface area contributed by atoms with E-state index in [9.17, 15) is 4.79 Å². The molecule has 0 atom stereocenters. The maximum atomic E-state index is 12.8. The van der Waals surface area contributed by atoms with E-state index in [1.165, 1.54) is 5.56 Å². The maximum absolute atomic E-state index is 12.8. The first-order chi connectivity index (χ1) is 14.2. The second-order valence-corrected chi connectivity index (χ2v) is 7.78. The van der Waals surface area contributed by atoms with Crippen LogP contribution in [-0.4, -0.2) is 48.7 Å². The molecule has 0 N–H and O–H groups in total. The molecule has 0 radical (unpaired) electrons. The number of amides is 1. The topological polar surface area (TPSA) is 55.2 Å². The third-order valence-electron chi connectivity index (χ3n) is 5.72. The summed E-state index contributed by atoms with van der Waals surface area (Å²) in [7, 11) is 0.